The molecule has 0 bridgehead atoms. The molecule has 1 N–H and O–H groups in total. The van der Waals surface area contributed by atoms with Crippen molar-refractivity contribution in [2.45, 2.75) is 46.0 Å². The SMILES string of the molecule is CCC(C)(C#N)C(=O)Nc1cccc2c1CCCC2. The summed E-state index contributed by atoms with van der Waals surface area (Å²) in [5.74, 6) is -0.198. The van der Waals surface area contributed by atoms with Crippen molar-refractivity contribution in [2.75, 3.05) is 5.32 Å². The van der Waals surface area contributed by atoms with Crippen molar-refractivity contribution in [2.24, 2.45) is 5.41 Å². The van der Waals surface area contributed by atoms with Crippen molar-refractivity contribution < 1.29 is 4.79 Å². The molecule has 1 aliphatic carbocycles. The van der Waals surface area contributed by atoms with E-state index in [1.54, 1.807) is 6.92 Å². The van der Waals surface area contributed by atoms with Gasteiger partial charge in [-0.1, -0.05) is 19.1 Å². The average molecular weight is 256 g/mol. The van der Waals surface area contributed by atoms with Gasteiger partial charge in [-0.25, -0.2) is 0 Å². The van der Waals surface area contributed by atoms with Crippen LogP contribution in [0, 0.1) is 16.7 Å². The zero-order valence-corrected chi connectivity index (χ0v) is 11.6. The molecule has 1 aromatic rings. The summed E-state index contributed by atoms with van der Waals surface area (Å²) in [6, 6.07) is 8.17. The van der Waals surface area contributed by atoms with Gasteiger partial charge < -0.3 is 5.32 Å². The summed E-state index contributed by atoms with van der Waals surface area (Å²) >= 11 is 0. The van der Waals surface area contributed by atoms with Gasteiger partial charge in [0.05, 0.1) is 6.07 Å². The first-order chi connectivity index (χ1) is 9.10. The Morgan fingerprint density at radius 3 is 2.84 bits per heavy atom. The standard InChI is InChI=1S/C16H20N2O/c1-3-16(2,11-17)15(19)18-14-10-6-8-12-7-4-5-9-13(12)14/h6,8,10H,3-5,7,9H2,1-2H3,(H,18,19). The molecule has 0 saturated carbocycles. The number of hydrogen-bond acceptors (Lipinski definition) is 2. The number of rotatable bonds is 3. The summed E-state index contributed by atoms with van der Waals surface area (Å²) in [7, 11) is 0. The van der Waals surface area contributed by atoms with Crippen LogP contribution in [0.1, 0.15) is 44.2 Å². The minimum Gasteiger partial charge on any atom is -0.324 e. The molecular weight excluding hydrogens is 236 g/mol. The van der Waals surface area contributed by atoms with Crippen molar-refractivity contribution in [1.29, 1.82) is 5.26 Å². The van der Waals surface area contributed by atoms with Crippen LogP contribution in [0.5, 0.6) is 0 Å². The number of nitrogens with zero attached hydrogens (tertiary/aromatic N) is 1. The van der Waals surface area contributed by atoms with E-state index in [9.17, 15) is 4.79 Å². The first-order valence-electron chi connectivity index (χ1n) is 6.94. The van der Waals surface area contributed by atoms with Gasteiger partial charge in [0.25, 0.3) is 0 Å². The molecule has 1 amide bonds. The number of benzene rings is 1. The molecule has 19 heavy (non-hydrogen) atoms. The maximum Gasteiger partial charge on any atom is 0.244 e. The zero-order valence-electron chi connectivity index (χ0n) is 11.6. The number of hydrogen-bond donors (Lipinski definition) is 1. The summed E-state index contributed by atoms with van der Waals surface area (Å²) in [6.45, 7) is 3.56. The Balaban J connectivity index is 2.25. The number of fused-ring (bicyclic) bond motifs is 1. The van der Waals surface area contributed by atoms with Crippen LogP contribution < -0.4 is 5.32 Å². The van der Waals surface area contributed by atoms with E-state index in [4.69, 9.17) is 5.26 Å². The van der Waals surface area contributed by atoms with E-state index >= 15 is 0 Å². The van der Waals surface area contributed by atoms with E-state index in [1.165, 1.54) is 24.0 Å². The predicted octanol–water partition coefficient (Wildman–Crippen LogP) is 3.44. The first-order valence-corrected chi connectivity index (χ1v) is 6.94. The van der Waals surface area contributed by atoms with Crippen molar-refractivity contribution >= 4 is 11.6 Å². The molecule has 0 heterocycles. The Labute approximate surface area is 114 Å². The van der Waals surface area contributed by atoms with Crippen LogP contribution in [0.25, 0.3) is 0 Å². The molecule has 0 saturated heterocycles. The predicted molar refractivity (Wildman–Crippen MR) is 75.7 cm³/mol. The first kappa shape index (κ1) is 13.6. The summed E-state index contributed by atoms with van der Waals surface area (Å²) in [5.41, 5.74) is 2.52. The van der Waals surface area contributed by atoms with Crippen molar-refractivity contribution in [3.8, 4) is 6.07 Å². The topological polar surface area (TPSA) is 52.9 Å². The lowest BCUT2D eigenvalue weighted by Gasteiger charge is -2.23. The maximum atomic E-state index is 12.2. The van der Waals surface area contributed by atoms with Crippen LogP contribution in [-0.2, 0) is 17.6 Å². The molecule has 2 rings (SSSR count). The zero-order chi connectivity index (χ0) is 13.9. The third-order valence-corrected chi connectivity index (χ3v) is 4.10. The van der Waals surface area contributed by atoms with Crippen molar-refractivity contribution in [1.82, 2.24) is 0 Å². The van der Waals surface area contributed by atoms with Gasteiger partial charge in [-0.2, -0.15) is 5.26 Å². The minimum atomic E-state index is -0.947. The van der Waals surface area contributed by atoms with E-state index in [0.29, 0.717) is 6.42 Å². The van der Waals surface area contributed by atoms with Crippen LogP contribution in [-0.4, -0.2) is 5.91 Å². The molecule has 1 aliphatic rings. The number of carbonyl (C=O) groups is 1. The van der Waals surface area contributed by atoms with Gasteiger partial charge in [-0.3, -0.25) is 4.79 Å². The molecule has 3 nitrogen and oxygen atoms in total. The molecule has 0 fully saturated rings. The number of anilines is 1. The third-order valence-electron chi connectivity index (χ3n) is 4.10. The van der Waals surface area contributed by atoms with Gasteiger partial charge in [-0.15, -0.1) is 0 Å². The molecule has 1 atom stereocenters. The van der Waals surface area contributed by atoms with Crippen LogP contribution in [0.2, 0.25) is 0 Å². The lowest BCUT2D eigenvalue weighted by molar-refractivity contribution is -0.122. The second-order valence-corrected chi connectivity index (χ2v) is 5.40. The molecule has 1 unspecified atom stereocenters. The Kier molecular flexibility index (Phi) is 3.90. The maximum absolute atomic E-state index is 12.2. The largest absolute Gasteiger partial charge is 0.324 e. The van der Waals surface area contributed by atoms with Crippen molar-refractivity contribution in [3.63, 3.8) is 0 Å². The Morgan fingerprint density at radius 1 is 1.42 bits per heavy atom. The summed E-state index contributed by atoms with van der Waals surface area (Å²) in [5, 5.41) is 12.1. The summed E-state index contributed by atoms with van der Waals surface area (Å²) < 4.78 is 0. The van der Waals surface area contributed by atoms with Crippen LogP contribution in [0.15, 0.2) is 18.2 Å². The van der Waals surface area contributed by atoms with Crippen molar-refractivity contribution in [3.05, 3.63) is 29.3 Å². The van der Waals surface area contributed by atoms with Gasteiger partial charge in [0.1, 0.15) is 5.41 Å². The smallest absolute Gasteiger partial charge is 0.244 e. The minimum absolute atomic E-state index is 0.198. The quantitative estimate of drug-likeness (QED) is 0.900. The number of aryl methyl sites for hydroxylation is 1. The molecule has 3 heteroatoms. The third kappa shape index (κ3) is 2.63. The van der Waals surface area contributed by atoms with E-state index in [-0.39, 0.29) is 5.91 Å². The van der Waals surface area contributed by atoms with Crippen LogP contribution >= 0.6 is 0 Å². The lowest BCUT2D eigenvalue weighted by atomic mass is 9.87. The summed E-state index contributed by atoms with van der Waals surface area (Å²) in [6.07, 6.45) is 5.01. The van der Waals surface area contributed by atoms with Crippen LogP contribution in [0.4, 0.5) is 5.69 Å². The lowest BCUT2D eigenvalue weighted by Crippen LogP contribution is -2.32. The number of carbonyl (C=O) groups excluding carboxylic acids is 1. The Morgan fingerprint density at radius 2 is 2.16 bits per heavy atom. The van der Waals surface area contributed by atoms with E-state index in [0.717, 1.165) is 18.5 Å². The fraction of sp³-hybridized carbons (Fsp3) is 0.500. The second kappa shape index (κ2) is 5.44. The van der Waals surface area contributed by atoms with Gasteiger partial charge in [0.2, 0.25) is 5.91 Å². The number of amides is 1. The molecule has 100 valence electrons. The molecule has 0 aromatic heterocycles. The highest BCUT2D eigenvalue weighted by atomic mass is 16.2. The Bertz CT molecular complexity index is 530. The van der Waals surface area contributed by atoms with E-state index < -0.39 is 5.41 Å². The fourth-order valence-corrected chi connectivity index (χ4v) is 2.45. The fourth-order valence-electron chi connectivity index (χ4n) is 2.45. The highest BCUT2D eigenvalue weighted by Gasteiger charge is 2.31. The van der Waals surface area contributed by atoms with E-state index in [2.05, 4.69) is 17.5 Å². The second-order valence-electron chi connectivity index (χ2n) is 5.40. The van der Waals surface area contributed by atoms with Gasteiger partial charge in [0, 0.05) is 5.69 Å². The molecule has 1 aromatic carbocycles. The normalized spacial score (nSPS) is 16.9. The van der Waals surface area contributed by atoms with Gasteiger partial charge >= 0.3 is 0 Å². The highest BCUT2D eigenvalue weighted by Crippen LogP contribution is 2.29. The van der Waals surface area contributed by atoms with Gasteiger partial charge in [0.15, 0.2) is 0 Å². The highest BCUT2D eigenvalue weighted by molar-refractivity contribution is 5.97. The summed E-state index contributed by atoms with van der Waals surface area (Å²) in [4.78, 5) is 12.2. The molecule has 0 aliphatic heterocycles. The number of nitriles is 1. The molecule has 0 radical (unpaired) electrons. The average Bonchev–Trinajstić information content (AvgIpc) is 2.46. The Hall–Kier alpha value is -1.82. The van der Waals surface area contributed by atoms with Gasteiger partial charge in [-0.05, 0) is 56.2 Å². The molecular formula is C16H20N2O. The monoisotopic (exact) mass is 256 g/mol. The number of nitrogens with one attached hydrogen (secondary N) is 1. The van der Waals surface area contributed by atoms with E-state index in [1.807, 2.05) is 19.1 Å². The molecule has 0 spiro atoms. The van der Waals surface area contributed by atoms with Crippen LogP contribution in [0.3, 0.4) is 0 Å².